The standard InChI is InChI=1S/C13H18N2O4/c1-8-11(9(2)19-14-8)12(16)15-6-4-10(5-7-15)13(17)18-3/h10H,4-7H2,1-3H3. The number of amides is 1. The molecule has 2 rings (SSSR count). The predicted molar refractivity (Wildman–Crippen MR) is 66.6 cm³/mol. The maximum Gasteiger partial charge on any atom is 0.308 e. The molecule has 2 heterocycles. The summed E-state index contributed by atoms with van der Waals surface area (Å²) in [6, 6.07) is 0. The molecule has 0 saturated carbocycles. The van der Waals surface area contributed by atoms with Gasteiger partial charge in [0.2, 0.25) is 0 Å². The van der Waals surface area contributed by atoms with Gasteiger partial charge in [0.25, 0.3) is 5.91 Å². The zero-order valence-corrected chi connectivity index (χ0v) is 11.4. The lowest BCUT2D eigenvalue weighted by atomic mass is 9.96. The van der Waals surface area contributed by atoms with Gasteiger partial charge in [-0.3, -0.25) is 9.59 Å². The summed E-state index contributed by atoms with van der Waals surface area (Å²) in [5.74, 6) is 0.181. The number of piperidine rings is 1. The zero-order chi connectivity index (χ0) is 14.0. The second-order valence-electron chi connectivity index (χ2n) is 4.79. The van der Waals surface area contributed by atoms with Crippen LogP contribution in [0.3, 0.4) is 0 Å². The molecule has 0 unspecified atom stereocenters. The largest absolute Gasteiger partial charge is 0.469 e. The first-order chi connectivity index (χ1) is 9.04. The van der Waals surface area contributed by atoms with Crippen LogP contribution in [-0.4, -0.2) is 42.1 Å². The molecule has 1 amide bonds. The van der Waals surface area contributed by atoms with Gasteiger partial charge in [-0.2, -0.15) is 0 Å². The minimum absolute atomic E-state index is 0.0698. The van der Waals surface area contributed by atoms with E-state index < -0.39 is 0 Å². The number of ether oxygens (including phenoxy) is 1. The van der Waals surface area contributed by atoms with Gasteiger partial charge in [0.1, 0.15) is 11.3 Å². The molecule has 0 N–H and O–H groups in total. The van der Waals surface area contributed by atoms with Crippen molar-refractivity contribution in [2.24, 2.45) is 5.92 Å². The van der Waals surface area contributed by atoms with Gasteiger partial charge < -0.3 is 14.2 Å². The molecule has 1 aromatic heterocycles. The predicted octanol–water partition coefficient (Wildman–Crippen LogP) is 1.32. The molecule has 104 valence electrons. The Balaban J connectivity index is 2.02. The average molecular weight is 266 g/mol. The van der Waals surface area contributed by atoms with E-state index in [1.54, 1.807) is 18.7 Å². The van der Waals surface area contributed by atoms with Crippen LogP contribution in [0.2, 0.25) is 0 Å². The van der Waals surface area contributed by atoms with Gasteiger partial charge in [0, 0.05) is 13.1 Å². The highest BCUT2D eigenvalue weighted by Crippen LogP contribution is 2.22. The van der Waals surface area contributed by atoms with E-state index in [1.165, 1.54) is 7.11 Å². The summed E-state index contributed by atoms with van der Waals surface area (Å²) in [4.78, 5) is 25.5. The van der Waals surface area contributed by atoms with E-state index in [2.05, 4.69) is 5.16 Å². The average Bonchev–Trinajstić information content (AvgIpc) is 2.77. The van der Waals surface area contributed by atoms with Gasteiger partial charge in [0.05, 0.1) is 18.7 Å². The minimum Gasteiger partial charge on any atom is -0.469 e. The maximum atomic E-state index is 12.4. The lowest BCUT2D eigenvalue weighted by Crippen LogP contribution is -2.40. The van der Waals surface area contributed by atoms with Crippen molar-refractivity contribution in [2.75, 3.05) is 20.2 Å². The fourth-order valence-electron chi connectivity index (χ4n) is 2.43. The molecule has 1 aliphatic heterocycles. The number of nitrogens with zero attached hydrogens (tertiary/aromatic N) is 2. The fraction of sp³-hybridized carbons (Fsp3) is 0.615. The maximum absolute atomic E-state index is 12.4. The zero-order valence-electron chi connectivity index (χ0n) is 11.4. The van der Waals surface area contributed by atoms with E-state index in [0.29, 0.717) is 42.9 Å². The van der Waals surface area contributed by atoms with Crippen LogP contribution in [-0.2, 0) is 9.53 Å². The number of aromatic nitrogens is 1. The third-order valence-electron chi connectivity index (χ3n) is 3.56. The van der Waals surface area contributed by atoms with Crippen LogP contribution < -0.4 is 0 Å². The van der Waals surface area contributed by atoms with Crippen LogP contribution in [0.5, 0.6) is 0 Å². The molecule has 1 fully saturated rings. The number of hydrogen-bond donors (Lipinski definition) is 0. The summed E-state index contributed by atoms with van der Waals surface area (Å²) in [5, 5.41) is 3.79. The molecule has 0 spiro atoms. The minimum atomic E-state index is -0.190. The van der Waals surface area contributed by atoms with Gasteiger partial charge in [-0.1, -0.05) is 5.16 Å². The van der Waals surface area contributed by atoms with E-state index in [4.69, 9.17) is 9.26 Å². The Morgan fingerprint density at radius 2 is 1.95 bits per heavy atom. The van der Waals surface area contributed by atoms with Crippen LogP contribution in [0.15, 0.2) is 4.52 Å². The first-order valence-corrected chi connectivity index (χ1v) is 6.34. The molecule has 1 aliphatic rings. The Bertz CT molecular complexity index is 467. The molecule has 0 atom stereocenters. The molecular weight excluding hydrogens is 248 g/mol. The molecule has 0 radical (unpaired) electrons. The molecule has 19 heavy (non-hydrogen) atoms. The number of methoxy groups -OCH3 is 1. The lowest BCUT2D eigenvalue weighted by molar-refractivity contribution is -0.146. The number of esters is 1. The van der Waals surface area contributed by atoms with Crippen LogP contribution >= 0.6 is 0 Å². The van der Waals surface area contributed by atoms with Crippen molar-refractivity contribution in [3.05, 3.63) is 17.0 Å². The highest BCUT2D eigenvalue weighted by atomic mass is 16.5. The first-order valence-electron chi connectivity index (χ1n) is 6.34. The Morgan fingerprint density at radius 3 is 2.42 bits per heavy atom. The van der Waals surface area contributed by atoms with Crippen molar-refractivity contribution in [2.45, 2.75) is 26.7 Å². The number of aryl methyl sites for hydroxylation is 2. The van der Waals surface area contributed by atoms with Crippen molar-refractivity contribution in [3.63, 3.8) is 0 Å². The lowest BCUT2D eigenvalue weighted by Gasteiger charge is -2.30. The summed E-state index contributed by atoms with van der Waals surface area (Å²) < 4.78 is 9.74. The van der Waals surface area contributed by atoms with E-state index in [1.807, 2.05) is 0 Å². The normalized spacial score (nSPS) is 16.5. The Kier molecular flexibility index (Phi) is 3.87. The SMILES string of the molecule is COC(=O)C1CCN(C(=O)c2c(C)noc2C)CC1. The summed E-state index contributed by atoms with van der Waals surface area (Å²) in [6.45, 7) is 4.60. The monoisotopic (exact) mass is 266 g/mol. The van der Waals surface area contributed by atoms with Crippen molar-refractivity contribution in [1.82, 2.24) is 10.1 Å². The molecule has 6 heteroatoms. The number of likely N-dealkylation sites (tertiary alicyclic amines) is 1. The van der Waals surface area contributed by atoms with Gasteiger partial charge >= 0.3 is 5.97 Å². The first kappa shape index (κ1) is 13.6. The van der Waals surface area contributed by atoms with Crippen LogP contribution in [0.25, 0.3) is 0 Å². The Morgan fingerprint density at radius 1 is 1.32 bits per heavy atom. The van der Waals surface area contributed by atoms with Gasteiger partial charge in [-0.05, 0) is 26.7 Å². The third-order valence-corrected chi connectivity index (χ3v) is 3.56. The van der Waals surface area contributed by atoms with Crippen molar-refractivity contribution in [1.29, 1.82) is 0 Å². The summed E-state index contributed by atoms with van der Waals surface area (Å²) >= 11 is 0. The highest BCUT2D eigenvalue weighted by Gasteiger charge is 2.30. The number of hydrogen-bond acceptors (Lipinski definition) is 5. The van der Waals surface area contributed by atoms with Gasteiger partial charge in [-0.15, -0.1) is 0 Å². The van der Waals surface area contributed by atoms with Crippen LogP contribution in [0.1, 0.15) is 34.7 Å². The number of carbonyl (C=O) groups excluding carboxylic acids is 2. The Hall–Kier alpha value is -1.85. The molecule has 0 aromatic carbocycles. The number of rotatable bonds is 2. The summed E-state index contributed by atoms with van der Waals surface area (Å²) in [7, 11) is 1.39. The summed E-state index contributed by atoms with van der Waals surface area (Å²) in [6.07, 6.45) is 1.28. The molecule has 0 aliphatic carbocycles. The van der Waals surface area contributed by atoms with Gasteiger partial charge in [-0.25, -0.2) is 0 Å². The van der Waals surface area contributed by atoms with Gasteiger partial charge in [0.15, 0.2) is 0 Å². The fourth-order valence-corrected chi connectivity index (χ4v) is 2.43. The van der Waals surface area contributed by atoms with E-state index in [9.17, 15) is 9.59 Å². The third kappa shape index (κ3) is 2.62. The summed E-state index contributed by atoms with van der Waals surface area (Å²) in [5.41, 5.74) is 1.15. The molecular formula is C13H18N2O4. The second-order valence-corrected chi connectivity index (χ2v) is 4.79. The van der Waals surface area contributed by atoms with Crippen molar-refractivity contribution in [3.8, 4) is 0 Å². The molecule has 1 aromatic rings. The Labute approximate surface area is 111 Å². The quantitative estimate of drug-likeness (QED) is 0.755. The number of carbonyl (C=O) groups is 2. The smallest absolute Gasteiger partial charge is 0.308 e. The van der Waals surface area contributed by atoms with Crippen molar-refractivity contribution >= 4 is 11.9 Å². The van der Waals surface area contributed by atoms with Crippen LogP contribution in [0.4, 0.5) is 0 Å². The molecule has 0 bridgehead atoms. The topological polar surface area (TPSA) is 72.6 Å². The van der Waals surface area contributed by atoms with E-state index >= 15 is 0 Å². The molecule has 1 saturated heterocycles. The van der Waals surface area contributed by atoms with E-state index in [-0.39, 0.29) is 17.8 Å². The van der Waals surface area contributed by atoms with E-state index in [0.717, 1.165) is 0 Å². The molecule has 6 nitrogen and oxygen atoms in total. The second kappa shape index (κ2) is 5.42. The highest BCUT2D eigenvalue weighted by molar-refractivity contribution is 5.96. The van der Waals surface area contributed by atoms with Crippen molar-refractivity contribution < 1.29 is 18.8 Å². The van der Waals surface area contributed by atoms with Crippen LogP contribution in [0, 0.1) is 19.8 Å².